The topological polar surface area (TPSA) is 38.7 Å². The summed E-state index contributed by atoms with van der Waals surface area (Å²) in [6.45, 7) is 1.26. The summed E-state index contributed by atoms with van der Waals surface area (Å²) in [4.78, 5) is 0. The molecule has 1 aromatic carbocycles. The number of aliphatic hydroxyl groups is 1. The summed E-state index contributed by atoms with van der Waals surface area (Å²) >= 11 is 0. The van der Waals surface area contributed by atoms with Gasteiger partial charge >= 0.3 is 0 Å². The first-order chi connectivity index (χ1) is 7.67. The molecule has 16 heavy (non-hydrogen) atoms. The van der Waals surface area contributed by atoms with Gasteiger partial charge in [-0.05, 0) is 17.7 Å². The minimum Gasteiger partial charge on any atom is -0.493 e. The first-order valence-corrected chi connectivity index (χ1v) is 5.09. The molecule has 0 aliphatic heterocycles. The van der Waals surface area contributed by atoms with Crippen molar-refractivity contribution in [3.8, 4) is 11.5 Å². The second-order valence-electron chi connectivity index (χ2n) is 3.63. The van der Waals surface area contributed by atoms with Gasteiger partial charge in [0.1, 0.15) is 6.67 Å². The minimum absolute atomic E-state index is 0.0151. The smallest absolute Gasteiger partial charge is 0.166 e. The number of rotatable bonds is 5. The van der Waals surface area contributed by atoms with Crippen LogP contribution in [0.2, 0.25) is 0 Å². The van der Waals surface area contributed by atoms with E-state index in [2.05, 4.69) is 0 Å². The molecule has 0 amide bonds. The van der Waals surface area contributed by atoms with Gasteiger partial charge in [-0.1, -0.05) is 6.92 Å². The molecule has 0 aliphatic carbocycles. The van der Waals surface area contributed by atoms with E-state index in [0.29, 0.717) is 17.1 Å². The van der Waals surface area contributed by atoms with Gasteiger partial charge in [-0.2, -0.15) is 0 Å². The van der Waals surface area contributed by atoms with Gasteiger partial charge < -0.3 is 14.6 Å². The number of methoxy groups -OCH3 is 2. The molecule has 1 unspecified atom stereocenters. The fourth-order valence-electron chi connectivity index (χ4n) is 1.56. The summed E-state index contributed by atoms with van der Waals surface area (Å²) in [5, 5.41) is 9.08. The number of alkyl halides is 1. The second kappa shape index (κ2) is 5.70. The molecular formula is C12H17FO3. The lowest BCUT2D eigenvalue weighted by Gasteiger charge is -2.16. The first-order valence-electron chi connectivity index (χ1n) is 5.09. The Kier molecular flexibility index (Phi) is 4.55. The van der Waals surface area contributed by atoms with Crippen LogP contribution < -0.4 is 9.47 Å². The van der Waals surface area contributed by atoms with Crippen LogP contribution in [0.5, 0.6) is 11.5 Å². The van der Waals surface area contributed by atoms with Gasteiger partial charge in [0.25, 0.3) is 0 Å². The van der Waals surface area contributed by atoms with Crippen LogP contribution in [0.3, 0.4) is 0 Å². The van der Waals surface area contributed by atoms with E-state index in [1.165, 1.54) is 14.2 Å². The predicted octanol–water partition coefficient (Wildman–Crippen LogP) is 2.27. The number of aliphatic hydroxyl groups excluding tert-OH is 1. The van der Waals surface area contributed by atoms with E-state index < -0.39 is 6.67 Å². The number of hydrogen-bond donors (Lipinski definition) is 1. The average molecular weight is 228 g/mol. The van der Waals surface area contributed by atoms with Gasteiger partial charge in [0.05, 0.1) is 14.2 Å². The van der Waals surface area contributed by atoms with Crippen LogP contribution >= 0.6 is 0 Å². The maximum atomic E-state index is 12.8. The van der Waals surface area contributed by atoms with Crippen molar-refractivity contribution >= 4 is 0 Å². The summed E-state index contributed by atoms with van der Waals surface area (Å²) < 4.78 is 23.1. The molecule has 0 aliphatic rings. The molecule has 1 aromatic rings. The average Bonchev–Trinajstić information content (AvgIpc) is 2.35. The van der Waals surface area contributed by atoms with Gasteiger partial charge in [0.2, 0.25) is 0 Å². The highest BCUT2D eigenvalue weighted by molar-refractivity contribution is 5.50. The maximum Gasteiger partial charge on any atom is 0.166 e. The van der Waals surface area contributed by atoms with Crippen LogP contribution in [-0.4, -0.2) is 25.9 Å². The van der Waals surface area contributed by atoms with Crippen molar-refractivity contribution in [1.29, 1.82) is 0 Å². The highest BCUT2D eigenvalue weighted by atomic mass is 19.1. The third-order valence-electron chi connectivity index (χ3n) is 2.57. The fraction of sp³-hybridized carbons (Fsp3) is 0.500. The van der Waals surface area contributed by atoms with E-state index in [1.807, 2.05) is 6.92 Å². The third-order valence-corrected chi connectivity index (χ3v) is 2.57. The normalized spacial score (nSPS) is 12.3. The molecule has 1 atom stereocenters. The highest BCUT2D eigenvalue weighted by Crippen LogP contribution is 2.35. The largest absolute Gasteiger partial charge is 0.493 e. The molecule has 0 radical (unpaired) electrons. The van der Waals surface area contributed by atoms with Crippen LogP contribution in [0.15, 0.2) is 12.1 Å². The van der Waals surface area contributed by atoms with Gasteiger partial charge in [-0.3, -0.25) is 0 Å². The zero-order valence-corrected chi connectivity index (χ0v) is 9.79. The maximum absolute atomic E-state index is 12.8. The van der Waals surface area contributed by atoms with E-state index in [9.17, 15) is 4.39 Å². The molecule has 0 fully saturated rings. The van der Waals surface area contributed by atoms with Gasteiger partial charge in [-0.15, -0.1) is 0 Å². The Labute approximate surface area is 94.8 Å². The van der Waals surface area contributed by atoms with Crippen molar-refractivity contribution in [3.63, 3.8) is 0 Å². The lowest BCUT2D eigenvalue weighted by Crippen LogP contribution is -2.02. The molecule has 0 aromatic heterocycles. The van der Waals surface area contributed by atoms with Gasteiger partial charge in [0, 0.05) is 18.1 Å². The van der Waals surface area contributed by atoms with Crippen molar-refractivity contribution < 1.29 is 19.0 Å². The lowest BCUT2D eigenvalue weighted by atomic mass is 9.99. The molecule has 0 bridgehead atoms. The van der Waals surface area contributed by atoms with Crippen molar-refractivity contribution in [2.45, 2.75) is 19.5 Å². The number of halogens is 1. The van der Waals surface area contributed by atoms with Crippen LogP contribution in [0.1, 0.15) is 24.0 Å². The van der Waals surface area contributed by atoms with Crippen molar-refractivity contribution in [1.82, 2.24) is 0 Å². The SMILES string of the molecule is COc1cc(C(C)CO)cc(CF)c1OC. The molecule has 1 N–H and O–H groups in total. The lowest BCUT2D eigenvalue weighted by molar-refractivity contribution is 0.272. The van der Waals surface area contributed by atoms with E-state index in [1.54, 1.807) is 12.1 Å². The molecule has 0 heterocycles. The highest BCUT2D eigenvalue weighted by Gasteiger charge is 2.14. The quantitative estimate of drug-likeness (QED) is 0.840. The van der Waals surface area contributed by atoms with E-state index in [-0.39, 0.29) is 12.5 Å². The molecular weight excluding hydrogens is 211 g/mol. The summed E-state index contributed by atoms with van der Waals surface area (Å²) in [6.07, 6.45) is 0. The molecule has 90 valence electrons. The number of benzene rings is 1. The van der Waals surface area contributed by atoms with Crippen LogP contribution in [0.25, 0.3) is 0 Å². The van der Waals surface area contributed by atoms with Crippen molar-refractivity contribution in [3.05, 3.63) is 23.3 Å². The Hall–Kier alpha value is -1.29. The van der Waals surface area contributed by atoms with Crippen LogP contribution in [0.4, 0.5) is 4.39 Å². The summed E-state index contributed by atoms with van der Waals surface area (Å²) in [7, 11) is 2.99. The molecule has 3 nitrogen and oxygen atoms in total. The molecule has 0 saturated heterocycles. The molecule has 4 heteroatoms. The van der Waals surface area contributed by atoms with Crippen molar-refractivity contribution in [2.24, 2.45) is 0 Å². The first kappa shape index (κ1) is 12.8. The van der Waals surface area contributed by atoms with Crippen LogP contribution in [0, 0.1) is 0 Å². The van der Waals surface area contributed by atoms with E-state index in [0.717, 1.165) is 5.56 Å². The van der Waals surface area contributed by atoms with Gasteiger partial charge in [-0.25, -0.2) is 4.39 Å². The Morgan fingerprint density at radius 2 is 2.00 bits per heavy atom. The monoisotopic (exact) mass is 228 g/mol. The standard InChI is InChI=1S/C12H17FO3/c1-8(7-14)9-4-10(6-13)12(16-3)11(5-9)15-2/h4-5,8,14H,6-7H2,1-3H3. The zero-order chi connectivity index (χ0) is 12.1. The summed E-state index contributed by atoms with van der Waals surface area (Å²) in [5.41, 5.74) is 1.28. The number of ether oxygens (including phenoxy) is 2. The Morgan fingerprint density at radius 1 is 1.31 bits per heavy atom. The van der Waals surface area contributed by atoms with Crippen molar-refractivity contribution in [2.75, 3.05) is 20.8 Å². The predicted molar refractivity (Wildman–Crippen MR) is 59.9 cm³/mol. The second-order valence-corrected chi connectivity index (χ2v) is 3.63. The van der Waals surface area contributed by atoms with Gasteiger partial charge in [0.15, 0.2) is 11.5 Å². The van der Waals surface area contributed by atoms with E-state index in [4.69, 9.17) is 14.6 Å². The Morgan fingerprint density at radius 3 is 2.44 bits per heavy atom. The Balaban J connectivity index is 3.25. The van der Waals surface area contributed by atoms with E-state index >= 15 is 0 Å². The fourth-order valence-corrected chi connectivity index (χ4v) is 1.56. The third kappa shape index (κ3) is 2.44. The number of hydrogen-bond acceptors (Lipinski definition) is 3. The molecule has 0 spiro atoms. The molecule has 0 saturated carbocycles. The molecule has 1 rings (SSSR count). The minimum atomic E-state index is -0.620. The zero-order valence-electron chi connectivity index (χ0n) is 9.79. The summed E-state index contributed by atoms with van der Waals surface area (Å²) in [5.74, 6) is 0.858. The summed E-state index contributed by atoms with van der Waals surface area (Å²) in [6, 6.07) is 3.46. The Bertz CT molecular complexity index is 327. The van der Waals surface area contributed by atoms with Crippen LogP contribution in [-0.2, 0) is 6.67 Å².